The number of hydrogen-bond acceptors (Lipinski definition) is 2. The van der Waals surface area contributed by atoms with Crippen LogP contribution in [-0.4, -0.2) is 31.1 Å². The molecule has 3 rings (SSSR count). The molecule has 6 heteroatoms. The zero-order valence-electron chi connectivity index (χ0n) is 14.3. The molecule has 0 spiro atoms. The third kappa shape index (κ3) is 5.39. The molecule has 1 aliphatic rings. The van der Waals surface area contributed by atoms with Gasteiger partial charge in [0, 0.05) is 37.9 Å². The molecule has 1 fully saturated rings. The zero-order chi connectivity index (χ0) is 16.8. The van der Waals surface area contributed by atoms with Crippen molar-refractivity contribution in [3.63, 3.8) is 0 Å². The Morgan fingerprint density at radius 3 is 2.72 bits per heavy atom. The second kappa shape index (κ2) is 9.12. The third-order valence-electron chi connectivity index (χ3n) is 4.54. The van der Waals surface area contributed by atoms with Gasteiger partial charge in [0.05, 0.1) is 0 Å². The van der Waals surface area contributed by atoms with E-state index in [9.17, 15) is 4.39 Å². The highest BCUT2D eigenvalue weighted by Gasteiger charge is 2.44. The van der Waals surface area contributed by atoms with Crippen molar-refractivity contribution in [2.75, 3.05) is 20.1 Å². The van der Waals surface area contributed by atoms with Crippen molar-refractivity contribution in [1.29, 1.82) is 0 Å². The Balaban J connectivity index is 0.00000225. The molecule has 0 radical (unpaired) electrons. The van der Waals surface area contributed by atoms with Crippen LogP contribution in [0, 0.1) is 5.82 Å². The number of guanidine groups is 1. The van der Waals surface area contributed by atoms with E-state index in [1.807, 2.05) is 18.3 Å². The Morgan fingerprint density at radius 1 is 1.24 bits per heavy atom. The van der Waals surface area contributed by atoms with Crippen molar-refractivity contribution in [2.24, 2.45) is 4.99 Å². The minimum absolute atomic E-state index is 0. The van der Waals surface area contributed by atoms with E-state index in [-0.39, 0.29) is 35.2 Å². The van der Waals surface area contributed by atoms with Crippen molar-refractivity contribution < 1.29 is 4.39 Å². The first kappa shape index (κ1) is 19.6. The van der Waals surface area contributed by atoms with E-state index >= 15 is 0 Å². The van der Waals surface area contributed by atoms with E-state index in [4.69, 9.17) is 0 Å². The molecule has 0 atom stereocenters. The van der Waals surface area contributed by atoms with E-state index in [0.717, 1.165) is 43.9 Å². The number of hydrogen-bond donors (Lipinski definition) is 2. The number of benzene rings is 1. The van der Waals surface area contributed by atoms with Crippen LogP contribution >= 0.6 is 24.0 Å². The summed E-state index contributed by atoms with van der Waals surface area (Å²) >= 11 is 0. The minimum atomic E-state index is -0.169. The first-order valence-electron chi connectivity index (χ1n) is 8.31. The van der Waals surface area contributed by atoms with Crippen LogP contribution in [-0.2, 0) is 11.8 Å². The number of halogens is 2. The molecule has 0 bridgehead atoms. The fourth-order valence-electron chi connectivity index (χ4n) is 2.88. The van der Waals surface area contributed by atoms with Gasteiger partial charge in [-0.1, -0.05) is 18.2 Å². The van der Waals surface area contributed by atoms with Crippen LogP contribution in [0.15, 0.2) is 53.8 Å². The standard InChI is InChI=1S/C19H23FN4.HI/c1-21-18(23-11-7-15-4-3-10-22-13-15)24-14-19(8-9-19)16-5-2-6-17(20)12-16;/h2-6,10,12-13H,7-9,11,14H2,1H3,(H2,21,23,24);1H. The summed E-state index contributed by atoms with van der Waals surface area (Å²) in [6, 6.07) is 10.9. The fraction of sp³-hybridized carbons (Fsp3) is 0.368. The lowest BCUT2D eigenvalue weighted by molar-refractivity contribution is 0.607. The fourth-order valence-corrected chi connectivity index (χ4v) is 2.88. The Morgan fingerprint density at radius 2 is 2.08 bits per heavy atom. The molecule has 1 aliphatic carbocycles. The van der Waals surface area contributed by atoms with Gasteiger partial charge in [0.15, 0.2) is 5.96 Å². The lowest BCUT2D eigenvalue weighted by Crippen LogP contribution is -2.42. The molecule has 1 heterocycles. The van der Waals surface area contributed by atoms with E-state index < -0.39 is 0 Å². The highest BCUT2D eigenvalue weighted by Crippen LogP contribution is 2.47. The average molecular weight is 454 g/mol. The summed E-state index contributed by atoms with van der Waals surface area (Å²) < 4.78 is 13.5. The molecule has 1 aromatic heterocycles. The Bertz CT molecular complexity index is 702. The molecule has 0 unspecified atom stereocenters. The molecule has 0 saturated heterocycles. The van der Waals surface area contributed by atoms with Gasteiger partial charge in [0.2, 0.25) is 0 Å². The van der Waals surface area contributed by atoms with Crippen molar-refractivity contribution in [2.45, 2.75) is 24.7 Å². The van der Waals surface area contributed by atoms with Crippen LogP contribution in [0.3, 0.4) is 0 Å². The van der Waals surface area contributed by atoms with Gasteiger partial charge in [-0.15, -0.1) is 24.0 Å². The molecule has 2 aromatic rings. The Labute approximate surface area is 165 Å². The smallest absolute Gasteiger partial charge is 0.191 e. The lowest BCUT2D eigenvalue weighted by atomic mass is 9.96. The predicted octanol–water partition coefficient (Wildman–Crippen LogP) is 3.28. The van der Waals surface area contributed by atoms with Gasteiger partial charge in [-0.05, 0) is 48.6 Å². The topological polar surface area (TPSA) is 49.3 Å². The largest absolute Gasteiger partial charge is 0.356 e. The number of nitrogens with one attached hydrogen (secondary N) is 2. The van der Waals surface area contributed by atoms with E-state index in [1.54, 1.807) is 25.4 Å². The normalized spacial score (nSPS) is 15.2. The van der Waals surface area contributed by atoms with Crippen LogP contribution in [0.25, 0.3) is 0 Å². The maximum Gasteiger partial charge on any atom is 0.191 e. The van der Waals surface area contributed by atoms with Crippen LogP contribution in [0.4, 0.5) is 4.39 Å². The van der Waals surface area contributed by atoms with Crippen molar-refractivity contribution in [1.82, 2.24) is 15.6 Å². The number of pyridine rings is 1. The lowest BCUT2D eigenvalue weighted by Gasteiger charge is -2.19. The molecule has 4 nitrogen and oxygen atoms in total. The molecule has 2 N–H and O–H groups in total. The quantitative estimate of drug-likeness (QED) is 0.400. The van der Waals surface area contributed by atoms with Crippen molar-refractivity contribution in [3.05, 3.63) is 65.7 Å². The van der Waals surface area contributed by atoms with Gasteiger partial charge < -0.3 is 10.6 Å². The maximum atomic E-state index is 13.5. The van der Waals surface area contributed by atoms with Crippen LogP contribution in [0.5, 0.6) is 0 Å². The summed E-state index contributed by atoms with van der Waals surface area (Å²) in [5.74, 6) is 0.610. The third-order valence-corrected chi connectivity index (χ3v) is 4.54. The van der Waals surface area contributed by atoms with Gasteiger partial charge >= 0.3 is 0 Å². The second-order valence-electron chi connectivity index (χ2n) is 6.25. The van der Waals surface area contributed by atoms with E-state index in [2.05, 4.69) is 26.7 Å². The first-order valence-corrected chi connectivity index (χ1v) is 8.31. The molecule has 1 saturated carbocycles. The van der Waals surface area contributed by atoms with Crippen LogP contribution in [0.2, 0.25) is 0 Å². The molecule has 1 aromatic carbocycles. The van der Waals surface area contributed by atoms with Gasteiger partial charge in [-0.25, -0.2) is 4.39 Å². The van der Waals surface area contributed by atoms with Crippen LogP contribution < -0.4 is 10.6 Å². The molecular weight excluding hydrogens is 430 g/mol. The number of nitrogens with zero attached hydrogens (tertiary/aromatic N) is 2. The number of aliphatic imine (C=N–C) groups is 1. The Hall–Kier alpha value is -1.70. The molecule has 25 heavy (non-hydrogen) atoms. The van der Waals surface area contributed by atoms with Crippen LogP contribution in [0.1, 0.15) is 24.0 Å². The molecule has 134 valence electrons. The van der Waals surface area contributed by atoms with Gasteiger partial charge in [0.25, 0.3) is 0 Å². The van der Waals surface area contributed by atoms with Gasteiger partial charge in [-0.2, -0.15) is 0 Å². The average Bonchev–Trinajstić information content (AvgIpc) is 3.40. The highest BCUT2D eigenvalue weighted by atomic mass is 127. The summed E-state index contributed by atoms with van der Waals surface area (Å²) in [6.45, 7) is 1.56. The van der Waals surface area contributed by atoms with Crippen molar-refractivity contribution in [3.8, 4) is 0 Å². The zero-order valence-corrected chi connectivity index (χ0v) is 16.7. The first-order chi connectivity index (χ1) is 11.7. The SMILES string of the molecule is CN=C(NCCc1cccnc1)NCC1(c2cccc(F)c2)CC1.I. The van der Waals surface area contributed by atoms with Gasteiger partial charge in [0.1, 0.15) is 5.82 Å². The number of aromatic nitrogens is 1. The summed E-state index contributed by atoms with van der Waals surface area (Å²) in [4.78, 5) is 8.38. The Kier molecular flexibility index (Phi) is 7.16. The summed E-state index contributed by atoms with van der Waals surface area (Å²) in [6.07, 6.45) is 6.70. The predicted molar refractivity (Wildman–Crippen MR) is 110 cm³/mol. The maximum absolute atomic E-state index is 13.5. The summed E-state index contributed by atoms with van der Waals surface area (Å²) in [5.41, 5.74) is 2.31. The van der Waals surface area contributed by atoms with Crippen molar-refractivity contribution >= 4 is 29.9 Å². The molecule has 0 amide bonds. The monoisotopic (exact) mass is 454 g/mol. The second-order valence-corrected chi connectivity index (χ2v) is 6.25. The highest BCUT2D eigenvalue weighted by molar-refractivity contribution is 14.0. The molecule has 0 aliphatic heterocycles. The number of rotatable bonds is 6. The summed E-state index contributed by atoms with van der Waals surface area (Å²) in [5, 5.41) is 6.70. The molecular formula is C19H24FIN4. The van der Waals surface area contributed by atoms with Gasteiger partial charge in [-0.3, -0.25) is 9.98 Å². The van der Waals surface area contributed by atoms with E-state index in [0.29, 0.717) is 0 Å². The minimum Gasteiger partial charge on any atom is -0.356 e. The van der Waals surface area contributed by atoms with E-state index in [1.165, 1.54) is 11.6 Å². The summed E-state index contributed by atoms with van der Waals surface area (Å²) in [7, 11) is 1.77.